The molecule has 2 nitrogen and oxygen atoms in total. The summed E-state index contributed by atoms with van der Waals surface area (Å²) < 4.78 is 5.55. The van der Waals surface area contributed by atoms with E-state index in [2.05, 4.69) is 36.7 Å². The Kier molecular flexibility index (Phi) is 5.83. The summed E-state index contributed by atoms with van der Waals surface area (Å²) >= 11 is 1.79. The lowest BCUT2D eigenvalue weighted by Crippen LogP contribution is -2.26. The van der Waals surface area contributed by atoms with Crippen LogP contribution in [-0.4, -0.2) is 19.3 Å². The van der Waals surface area contributed by atoms with Crippen LogP contribution in [-0.2, 0) is 11.3 Å². The van der Waals surface area contributed by atoms with Crippen LogP contribution in [0.2, 0.25) is 0 Å². The van der Waals surface area contributed by atoms with E-state index in [9.17, 15) is 0 Å². The first-order chi connectivity index (χ1) is 6.83. The van der Waals surface area contributed by atoms with E-state index in [0.717, 1.165) is 26.1 Å². The molecule has 0 radical (unpaired) electrons. The Morgan fingerprint density at radius 1 is 1.57 bits per heavy atom. The highest BCUT2D eigenvalue weighted by atomic mass is 32.1. The van der Waals surface area contributed by atoms with E-state index in [0.29, 0.717) is 6.10 Å². The van der Waals surface area contributed by atoms with Crippen LogP contribution >= 0.6 is 11.3 Å². The lowest BCUT2D eigenvalue weighted by atomic mass is 10.4. The largest absolute Gasteiger partial charge is 0.377 e. The summed E-state index contributed by atoms with van der Waals surface area (Å²) in [6, 6.07) is 4.23. The van der Waals surface area contributed by atoms with Crippen LogP contribution in [0.5, 0.6) is 0 Å². The van der Waals surface area contributed by atoms with E-state index >= 15 is 0 Å². The molecule has 1 aromatic heterocycles. The van der Waals surface area contributed by atoms with Crippen LogP contribution in [0.4, 0.5) is 0 Å². The monoisotopic (exact) mass is 213 g/mol. The van der Waals surface area contributed by atoms with E-state index in [1.807, 2.05) is 0 Å². The van der Waals surface area contributed by atoms with Gasteiger partial charge in [-0.25, -0.2) is 0 Å². The van der Waals surface area contributed by atoms with E-state index < -0.39 is 0 Å². The molecule has 0 saturated carbocycles. The third-order valence-corrected chi connectivity index (χ3v) is 2.79. The minimum atomic E-state index is 0.315. The maximum Gasteiger partial charge on any atom is 0.0671 e. The highest BCUT2D eigenvalue weighted by molar-refractivity contribution is 7.09. The minimum absolute atomic E-state index is 0.315. The summed E-state index contributed by atoms with van der Waals surface area (Å²) in [4.78, 5) is 1.38. The van der Waals surface area contributed by atoms with Crippen molar-refractivity contribution in [1.29, 1.82) is 0 Å². The third-order valence-electron chi connectivity index (χ3n) is 1.92. The Bertz CT molecular complexity index is 223. The highest BCUT2D eigenvalue weighted by Gasteiger charge is 2.00. The molecule has 0 aliphatic carbocycles. The summed E-state index contributed by atoms with van der Waals surface area (Å²) in [5.41, 5.74) is 0. The van der Waals surface area contributed by atoms with Crippen molar-refractivity contribution in [3.05, 3.63) is 22.4 Å². The van der Waals surface area contributed by atoms with E-state index in [4.69, 9.17) is 4.74 Å². The van der Waals surface area contributed by atoms with Crippen molar-refractivity contribution in [1.82, 2.24) is 5.32 Å². The Morgan fingerprint density at radius 3 is 3.07 bits per heavy atom. The number of hydrogen-bond donors (Lipinski definition) is 1. The van der Waals surface area contributed by atoms with Crippen molar-refractivity contribution in [2.24, 2.45) is 0 Å². The topological polar surface area (TPSA) is 21.3 Å². The molecule has 0 aromatic carbocycles. The van der Waals surface area contributed by atoms with Gasteiger partial charge in [0.1, 0.15) is 0 Å². The Hall–Kier alpha value is -0.380. The van der Waals surface area contributed by atoms with Gasteiger partial charge in [0.2, 0.25) is 0 Å². The first-order valence-corrected chi connectivity index (χ1v) is 6.05. The first kappa shape index (κ1) is 11.7. The Balaban J connectivity index is 2.03. The Morgan fingerprint density at radius 2 is 2.43 bits per heavy atom. The second kappa shape index (κ2) is 6.98. The normalized spacial score (nSPS) is 13.0. The van der Waals surface area contributed by atoms with Gasteiger partial charge in [-0.05, 0) is 24.8 Å². The van der Waals surface area contributed by atoms with Gasteiger partial charge in [-0.15, -0.1) is 11.3 Å². The van der Waals surface area contributed by atoms with Gasteiger partial charge in [-0.2, -0.15) is 0 Å². The van der Waals surface area contributed by atoms with Gasteiger partial charge in [0, 0.05) is 24.6 Å². The summed E-state index contributed by atoms with van der Waals surface area (Å²) in [7, 11) is 0. The predicted molar refractivity (Wildman–Crippen MR) is 61.7 cm³/mol. The van der Waals surface area contributed by atoms with E-state index in [-0.39, 0.29) is 0 Å². The van der Waals surface area contributed by atoms with Crippen LogP contribution in [0.15, 0.2) is 17.5 Å². The van der Waals surface area contributed by atoms with Crippen LogP contribution in [0.3, 0.4) is 0 Å². The molecule has 1 heterocycles. The molecule has 0 aliphatic heterocycles. The number of rotatable bonds is 7. The number of nitrogens with one attached hydrogen (secondary N) is 1. The van der Waals surface area contributed by atoms with Gasteiger partial charge in [-0.3, -0.25) is 0 Å². The van der Waals surface area contributed by atoms with Crippen molar-refractivity contribution < 1.29 is 4.74 Å². The van der Waals surface area contributed by atoms with Crippen LogP contribution < -0.4 is 5.32 Å². The molecule has 1 rings (SSSR count). The zero-order valence-electron chi connectivity index (χ0n) is 8.95. The van der Waals surface area contributed by atoms with Gasteiger partial charge in [0.05, 0.1) is 6.10 Å². The van der Waals surface area contributed by atoms with E-state index in [1.165, 1.54) is 4.88 Å². The average molecular weight is 213 g/mol. The smallest absolute Gasteiger partial charge is 0.0671 e. The van der Waals surface area contributed by atoms with Crippen LogP contribution in [0, 0.1) is 0 Å². The third kappa shape index (κ3) is 4.74. The minimum Gasteiger partial charge on any atom is -0.377 e. The van der Waals surface area contributed by atoms with Gasteiger partial charge in [-0.1, -0.05) is 13.0 Å². The fourth-order valence-corrected chi connectivity index (χ4v) is 1.86. The molecule has 0 fully saturated rings. The first-order valence-electron chi connectivity index (χ1n) is 5.17. The summed E-state index contributed by atoms with van der Waals surface area (Å²) in [6.07, 6.45) is 1.41. The summed E-state index contributed by atoms with van der Waals surface area (Å²) in [5.74, 6) is 0. The van der Waals surface area contributed by atoms with Crippen LogP contribution in [0.25, 0.3) is 0 Å². The van der Waals surface area contributed by atoms with Crippen molar-refractivity contribution >= 4 is 11.3 Å². The molecule has 80 valence electrons. The zero-order chi connectivity index (χ0) is 10.2. The molecule has 0 aliphatic rings. The molecule has 0 bridgehead atoms. The second-order valence-corrected chi connectivity index (χ2v) is 4.42. The van der Waals surface area contributed by atoms with Gasteiger partial charge < -0.3 is 10.1 Å². The van der Waals surface area contributed by atoms with Gasteiger partial charge >= 0.3 is 0 Å². The highest BCUT2D eigenvalue weighted by Crippen LogP contribution is 2.07. The maximum absolute atomic E-state index is 5.55. The number of hydrogen-bond acceptors (Lipinski definition) is 3. The fraction of sp³-hybridized carbons (Fsp3) is 0.636. The van der Waals surface area contributed by atoms with Crippen molar-refractivity contribution in [3.63, 3.8) is 0 Å². The molecule has 14 heavy (non-hydrogen) atoms. The molecule has 1 unspecified atom stereocenters. The standard InChI is InChI=1S/C11H19NOS/c1-3-6-13-10(2)8-12-9-11-5-4-7-14-11/h4-5,7,10,12H,3,6,8-9H2,1-2H3. The molecule has 1 aromatic rings. The molecule has 0 saturated heterocycles. The summed E-state index contributed by atoms with van der Waals surface area (Å²) in [6.45, 7) is 6.99. The summed E-state index contributed by atoms with van der Waals surface area (Å²) in [5, 5.41) is 5.49. The lowest BCUT2D eigenvalue weighted by molar-refractivity contribution is 0.0662. The SMILES string of the molecule is CCCOC(C)CNCc1cccs1. The molecule has 1 atom stereocenters. The number of thiophene rings is 1. The fourth-order valence-electron chi connectivity index (χ4n) is 1.19. The second-order valence-electron chi connectivity index (χ2n) is 3.39. The van der Waals surface area contributed by atoms with Crippen LogP contribution in [0.1, 0.15) is 25.1 Å². The lowest BCUT2D eigenvalue weighted by Gasteiger charge is -2.12. The average Bonchev–Trinajstić information content (AvgIpc) is 2.67. The Labute approximate surface area is 90.3 Å². The maximum atomic E-state index is 5.55. The molecular weight excluding hydrogens is 194 g/mol. The predicted octanol–water partition coefficient (Wildman–Crippen LogP) is 2.65. The molecule has 3 heteroatoms. The molecular formula is C11H19NOS. The van der Waals surface area contributed by atoms with Gasteiger partial charge in [0.15, 0.2) is 0 Å². The van der Waals surface area contributed by atoms with E-state index in [1.54, 1.807) is 11.3 Å². The molecule has 1 N–H and O–H groups in total. The van der Waals surface area contributed by atoms with Crippen molar-refractivity contribution in [3.8, 4) is 0 Å². The van der Waals surface area contributed by atoms with Crippen molar-refractivity contribution in [2.75, 3.05) is 13.2 Å². The zero-order valence-corrected chi connectivity index (χ0v) is 9.77. The number of ether oxygens (including phenoxy) is 1. The van der Waals surface area contributed by atoms with Gasteiger partial charge in [0.25, 0.3) is 0 Å². The quantitative estimate of drug-likeness (QED) is 0.752. The van der Waals surface area contributed by atoms with Crippen molar-refractivity contribution in [2.45, 2.75) is 32.9 Å². The molecule has 0 spiro atoms. The molecule has 0 amide bonds.